The maximum absolute atomic E-state index is 11.8. The molecule has 0 spiro atoms. The molecule has 1 amide bonds. The highest BCUT2D eigenvalue weighted by molar-refractivity contribution is 7.09. The van der Waals surface area contributed by atoms with Gasteiger partial charge in [0.15, 0.2) is 0 Å². The highest BCUT2D eigenvalue weighted by atomic mass is 32.1. The number of nitrogens with zero attached hydrogens (tertiary/aromatic N) is 1. The number of thiazole rings is 1. The van der Waals surface area contributed by atoms with Crippen LogP contribution in [0.4, 0.5) is 0 Å². The first-order chi connectivity index (χ1) is 9.58. The summed E-state index contributed by atoms with van der Waals surface area (Å²) in [7, 11) is 0. The van der Waals surface area contributed by atoms with Crippen molar-refractivity contribution < 1.29 is 9.90 Å². The largest absolute Gasteiger partial charge is 0.394 e. The zero-order valence-corrected chi connectivity index (χ0v) is 12.4. The summed E-state index contributed by atoms with van der Waals surface area (Å²) >= 11 is 1.48. The fourth-order valence-corrected chi connectivity index (χ4v) is 2.53. The molecule has 1 heterocycles. The molecule has 1 aromatic heterocycles. The minimum Gasteiger partial charge on any atom is -0.394 e. The van der Waals surface area contributed by atoms with E-state index in [2.05, 4.69) is 41.5 Å². The lowest BCUT2D eigenvalue weighted by atomic mass is 10.1. The third-order valence-corrected chi connectivity index (χ3v) is 3.76. The smallest absolute Gasteiger partial charge is 0.271 e. The Labute approximate surface area is 122 Å². The Kier molecular flexibility index (Phi) is 4.87. The zero-order chi connectivity index (χ0) is 14.5. The Morgan fingerprint density at radius 1 is 1.40 bits per heavy atom. The second-order valence-corrected chi connectivity index (χ2v) is 5.79. The van der Waals surface area contributed by atoms with E-state index in [1.54, 1.807) is 12.3 Å². The monoisotopic (exact) mass is 290 g/mol. The van der Waals surface area contributed by atoms with Crippen molar-refractivity contribution in [1.29, 1.82) is 0 Å². The van der Waals surface area contributed by atoms with E-state index in [-0.39, 0.29) is 18.6 Å². The first-order valence-electron chi connectivity index (χ1n) is 6.50. The molecule has 0 fully saturated rings. The van der Waals surface area contributed by atoms with Crippen LogP contribution in [0.15, 0.2) is 29.6 Å². The van der Waals surface area contributed by atoms with Gasteiger partial charge >= 0.3 is 0 Å². The molecule has 0 saturated heterocycles. The van der Waals surface area contributed by atoms with Gasteiger partial charge in [0.2, 0.25) is 0 Å². The van der Waals surface area contributed by atoms with Crippen molar-refractivity contribution in [3.63, 3.8) is 0 Å². The van der Waals surface area contributed by atoms with Gasteiger partial charge in [0, 0.05) is 17.8 Å². The molecule has 2 rings (SSSR count). The highest BCUT2D eigenvalue weighted by Crippen LogP contribution is 2.15. The summed E-state index contributed by atoms with van der Waals surface area (Å²) in [4.78, 5) is 16.2. The Bertz CT molecular complexity index is 578. The number of aliphatic hydroxyl groups is 1. The van der Waals surface area contributed by atoms with Crippen LogP contribution in [-0.4, -0.2) is 28.6 Å². The van der Waals surface area contributed by atoms with Crippen LogP contribution >= 0.6 is 11.3 Å². The summed E-state index contributed by atoms with van der Waals surface area (Å²) in [5.74, 6) is -0.238. The molecule has 1 atom stereocenters. The maximum atomic E-state index is 11.8. The predicted octanol–water partition coefficient (Wildman–Crippen LogP) is 2.15. The molecule has 2 N–H and O–H groups in total. The molecule has 106 valence electrons. The molecule has 0 aliphatic rings. The van der Waals surface area contributed by atoms with Crippen molar-refractivity contribution in [3.8, 4) is 0 Å². The van der Waals surface area contributed by atoms with Crippen molar-refractivity contribution in [2.75, 3.05) is 6.61 Å². The lowest BCUT2D eigenvalue weighted by Gasteiger charge is -2.08. The number of benzene rings is 1. The van der Waals surface area contributed by atoms with Crippen molar-refractivity contribution in [3.05, 3.63) is 51.5 Å². The van der Waals surface area contributed by atoms with Crippen molar-refractivity contribution >= 4 is 17.2 Å². The number of aromatic nitrogens is 1. The molecular formula is C15H18N2O2S. The van der Waals surface area contributed by atoms with E-state index in [9.17, 15) is 4.79 Å². The average molecular weight is 290 g/mol. The zero-order valence-electron chi connectivity index (χ0n) is 11.6. The number of hydrogen-bond acceptors (Lipinski definition) is 4. The van der Waals surface area contributed by atoms with Gasteiger partial charge in [-0.3, -0.25) is 4.79 Å². The minimum atomic E-state index is -0.259. The van der Waals surface area contributed by atoms with Gasteiger partial charge in [-0.05, 0) is 19.4 Å². The molecule has 4 nitrogen and oxygen atoms in total. The molecule has 0 saturated carbocycles. The van der Waals surface area contributed by atoms with E-state index >= 15 is 0 Å². The van der Waals surface area contributed by atoms with Crippen LogP contribution in [-0.2, 0) is 6.42 Å². The predicted molar refractivity (Wildman–Crippen MR) is 80.1 cm³/mol. The Balaban J connectivity index is 2.01. The van der Waals surface area contributed by atoms with Gasteiger partial charge in [-0.1, -0.05) is 29.8 Å². The summed E-state index contributed by atoms with van der Waals surface area (Å²) < 4.78 is 0. The fourth-order valence-electron chi connectivity index (χ4n) is 1.72. The number of hydrogen-bond donors (Lipinski definition) is 2. The molecule has 1 unspecified atom stereocenters. The number of amides is 1. The summed E-state index contributed by atoms with van der Waals surface area (Å²) in [5.41, 5.74) is 2.82. The summed E-state index contributed by atoms with van der Waals surface area (Å²) in [5, 5.41) is 14.3. The van der Waals surface area contributed by atoms with Crippen molar-refractivity contribution in [1.82, 2.24) is 10.3 Å². The number of aliphatic hydroxyl groups excluding tert-OH is 1. The van der Waals surface area contributed by atoms with Crippen LogP contribution in [0.1, 0.15) is 33.5 Å². The van der Waals surface area contributed by atoms with Crippen LogP contribution in [0.25, 0.3) is 0 Å². The lowest BCUT2D eigenvalue weighted by Crippen LogP contribution is -2.35. The number of carbonyl (C=O) groups excluding carboxylic acids is 1. The average Bonchev–Trinajstić information content (AvgIpc) is 2.90. The highest BCUT2D eigenvalue weighted by Gasteiger charge is 2.13. The van der Waals surface area contributed by atoms with E-state index in [4.69, 9.17) is 5.11 Å². The number of carbonyl (C=O) groups is 1. The van der Waals surface area contributed by atoms with Crippen LogP contribution < -0.4 is 5.32 Å². The molecule has 20 heavy (non-hydrogen) atoms. The van der Waals surface area contributed by atoms with Gasteiger partial charge in [-0.2, -0.15) is 0 Å². The maximum Gasteiger partial charge on any atom is 0.271 e. The molecule has 0 radical (unpaired) electrons. The first kappa shape index (κ1) is 14.7. The SMILES string of the molecule is Cc1ccc(Cc2nc(C(=O)NC(C)CO)cs2)cc1. The van der Waals surface area contributed by atoms with E-state index in [0.29, 0.717) is 5.69 Å². The molecule has 0 aliphatic carbocycles. The van der Waals surface area contributed by atoms with Crippen molar-refractivity contribution in [2.45, 2.75) is 26.3 Å². The fraction of sp³-hybridized carbons (Fsp3) is 0.333. The van der Waals surface area contributed by atoms with Crippen LogP contribution in [0.2, 0.25) is 0 Å². The third-order valence-electron chi connectivity index (χ3n) is 2.91. The van der Waals surface area contributed by atoms with Crippen LogP contribution in [0.3, 0.4) is 0 Å². The summed E-state index contributed by atoms with van der Waals surface area (Å²) in [6, 6.07) is 8.03. The molecule has 0 aliphatic heterocycles. The summed E-state index contributed by atoms with van der Waals surface area (Å²) in [6.45, 7) is 3.72. The van der Waals surface area contributed by atoms with Crippen LogP contribution in [0.5, 0.6) is 0 Å². The van der Waals surface area contributed by atoms with Crippen LogP contribution in [0, 0.1) is 6.92 Å². The second-order valence-electron chi connectivity index (χ2n) is 4.85. The van der Waals surface area contributed by atoms with Gasteiger partial charge in [0.1, 0.15) is 5.69 Å². The van der Waals surface area contributed by atoms with Crippen molar-refractivity contribution in [2.24, 2.45) is 0 Å². The molecule has 0 bridgehead atoms. The van der Waals surface area contributed by atoms with Gasteiger partial charge in [-0.15, -0.1) is 11.3 Å². The Morgan fingerprint density at radius 3 is 2.75 bits per heavy atom. The summed E-state index contributed by atoms with van der Waals surface area (Å²) in [6.07, 6.45) is 0.730. The third kappa shape index (κ3) is 3.88. The lowest BCUT2D eigenvalue weighted by molar-refractivity contribution is 0.0918. The van der Waals surface area contributed by atoms with E-state index in [1.807, 2.05) is 0 Å². The normalized spacial score (nSPS) is 12.2. The molecule has 1 aromatic carbocycles. The standard InChI is InChI=1S/C15H18N2O2S/c1-10-3-5-12(6-4-10)7-14-17-13(9-20-14)15(19)16-11(2)8-18/h3-6,9,11,18H,7-8H2,1-2H3,(H,16,19). The van der Waals surface area contributed by atoms with E-state index in [0.717, 1.165) is 11.4 Å². The first-order valence-corrected chi connectivity index (χ1v) is 7.38. The number of rotatable bonds is 5. The Morgan fingerprint density at radius 2 is 2.10 bits per heavy atom. The molecule has 5 heteroatoms. The van der Waals surface area contributed by atoms with Gasteiger partial charge in [0.25, 0.3) is 5.91 Å². The minimum absolute atomic E-state index is 0.0773. The van der Waals surface area contributed by atoms with Gasteiger partial charge < -0.3 is 10.4 Å². The topological polar surface area (TPSA) is 62.2 Å². The van der Waals surface area contributed by atoms with Gasteiger partial charge in [-0.25, -0.2) is 4.98 Å². The van der Waals surface area contributed by atoms with Gasteiger partial charge in [0.05, 0.1) is 11.6 Å². The molecular weight excluding hydrogens is 272 g/mol. The second kappa shape index (κ2) is 6.63. The van der Waals surface area contributed by atoms with E-state index in [1.165, 1.54) is 22.5 Å². The number of aryl methyl sites for hydroxylation is 1. The number of nitrogens with one attached hydrogen (secondary N) is 1. The van der Waals surface area contributed by atoms with E-state index < -0.39 is 0 Å². The molecule has 2 aromatic rings. The Hall–Kier alpha value is -1.72. The quantitative estimate of drug-likeness (QED) is 0.887.